The fraction of sp³-hybridized carbons (Fsp3) is 0.304. The molecular formula is C23H28N4O5S. The molecule has 0 saturated carbocycles. The largest absolute Gasteiger partial charge is 0.496 e. The van der Waals surface area contributed by atoms with Crippen LogP contribution in [0.1, 0.15) is 29.9 Å². The number of benzene rings is 2. The Morgan fingerprint density at radius 3 is 2.30 bits per heavy atom. The molecule has 1 heterocycles. The topological polar surface area (TPSA) is 103 Å². The van der Waals surface area contributed by atoms with E-state index < -0.39 is 21.5 Å². The van der Waals surface area contributed by atoms with Gasteiger partial charge in [-0.05, 0) is 37.3 Å². The molecule has 176 valence electrons. The van der Waals surface area contributed by atoms with Crippen LogP contribution in [0.4, 0.5) is 5.69 Å². The molecule has 0 aliphatic rings. The smallest absolute Gasteiger partial charge is 0.295 e. The number of nitrogens with zero attached hydrogens (tertiary/aromatic N) is 3. The van der Waals surface area contributed by atoms with Crippen LogP contribution < -0.4 is 15.6 Å². The summed E-state index contributed by atoms with van der Waals surface area (Å²) in [5.41, 5.74) is 0.909. The van der Waals surface area contributed by atoms with Gasteiger partial charge in [0.05, 0.1) is 29.0 Å². The number of hydrogen-bond acceptors (Lipinski definition) is 5. The van der Waals surface area contributed by atoms with Gasteiger partial charge >= 0.3 is 0 Å². The number of hydrogen-bond donors (Lipinski definition) is 1. The van der Waals surface area contributed by atoms with Crippen molar-refractivity contribution in [1.29, 1.82) is 0 Å². The summed E-state index contributed by atoms with van der Waals surface area (Å²) >= 11 is 0. The third-order valence-corrected chi connectivity index (χ3v) is 7.60. The molecule has 0 radical (unpaired) electrons. The molecule has 1 amide bonds. The highest BCUT2D eigenvalue weighted by Gasteiger charge is 2.26. The molecule has 1 N–H and O–H groups in total. The first kappa shape index (κ1) is 24.3. The molecule has 0 aliphatic heterocycles. The van der Waals surface area contributed by atoms with Crippen LogP contribution in [0.15, 0.2) is 58.2 Å². The Balaban J connectivity index is 2.05. The Kier molecular flexibility index (Phi) is 7.09. The minimum atomic E-state index is -3.78. The molecule has 3 aromatic rings. The highest BCUT2D eigenvalue weighted by Crippen LogP contribution is 2.26. The molecule has 0 fully saturated rings. The minimum absolute atomic E-state index is 0.0136. The number of para-hydroxylation sites is 1. The molecule has 0 saturated heterocycles. The number of carbonyl (C=O) groups excluding carboxylic acids is 1. The predicted octanol–water partition coefficient (Wildman–Crippen LogP) is 2.78. The van der Waals surface area contributed by atoms with Crippen molar-refractivity contribution in [2.24, 2.45) is 7.05 Å². The summed E-state index contributed by atoms with van der Waals surface area (Å²) in [6.07, 6.45) is 0. The van der Waals surface area contributed by atoms with Crippen molar-refractivity contribution < 1.29 is 17.9 Å². The highest BCUT2D eigenvalue weighted by atomic mass is 32.2. The van der Waals surface area contributed by atoms with E-state index in [1.165, 1.54) is 34.3 Å². The molecule has 10 heteroatoms. The lowest BCUT2D eigenvalue weighted by atomic mass is 10.2. The van der Waals surface area contributed by atoms with E-state index in [2.05, 4.69) is 5.32 Å². The van der Waals surface area contributed by atoms with E-state index >= 15 is 0 Å². The maximum Gasteiger partial charge on any atom is 0.295 e. The van der Waals surface area contributed by atoms with E-state index in [1.54, 1.807) is 44.6 Å². The molecule has 0 bridgehead atoms. The quantitative estimate of drug-likeness (QED) is 0.543. The zero-order chi connectivity index (χ0) is 24.3. The lowest BCUT2D eigenvalue weighted by Gasteiger charge is -2.19. The zero-order valence-corrected chi connectivity index (χ0v) is 20.1. The first-order valence-corrected chi connectivity index (χ1v) is 11.9. The van der Waals surface area contributed by atoms with E-state index in [0.717, 1.165) is 0 Å². The van der Waals surface area contributed by atoms with Crippen molar-refractivity contribution in [3.8, 4) is 11.4 Å². The summed E-state index contributed by atoms with van der Waals surface area (Å²) in [7, 11) is -0.673. The number of sulfonamides is 1. The fourth-order valence-corrected chi connectivity index (χ4v) is 5.12. The molecule has 9 nitrogen and oxygen atoms in total. The maximum absolute atomic E-state index is 13.2. The third-order valence-electron chi connectivity index (χ3n) is 5.55. The summed E-state index contributed by atoms with van der Waals surface area (Å²) < 4.78 is 35.6. The van der Waals surface area contributed by atoms with Gasteiger partial charge in [-0.15, -0.1) is 0 Å². The van der Waals surface area contributed by atoms with Gasteiger partial charge in [-0.3, -0.25) is 14.3 Å². The summed E-state index contributed by atoms with van der Waals surface area (Å²) in [5.74, 6) is -0.447. The lowest BCUT2D eigenvalue weighted by molar-refractivity contribution is 0.102. The number of anilines is 1. The van der Waals surface area contributed by atoms with Crippen molar-refractivity contribution >= 4 is 21.6 Å². The zero-order valence-electron chi connectivity index (χ0n) is 19.3. The summed E-state index contributed by atoms with van der Waals surface area (Å²) in [5, 5.41) is 2.65. The molecule has 2 aromatic carbocycles. The molecule has 33 heavy (non-hydrogen) atoms. The van der Waals surface area contributed by atoms with Crippen molar-refractivity contribution in [3.05, 3.63) is 70.1 Å². The van der Waals surface area contributed by atoms with Crippen LogP contribution in [-0.2, 0) is 17.1 Å². The van der Waals surface area contributed by atoms with Crippen molar-refractivity contribution in [2.45, 2.75) is 25.7 Å². The van der Waals surface area contributed by atoms with Crippen molar-refractivity contribution in [3.63, 3.8) is 0 Å². The highest BCUT2D eigenvalue weighted by molar-refractivity contribution is 7.89. The third kappa shape index (κ3) is 4.44. The van der Waals surface area contributed by atoms with Gasteiger partial charge in [0, 0.05) is 20.1 Å². The Morgan fingerprint density at radius 1 is 1.09 bits per heavy atom. The molecule has 0 atom stereocenters. The average Bonchev–Trinajstić information content (AvgIpc) is 3.02. The number of rotatable bonds is 8. The monoisotopic (exact) mass is 472 g/mol. The van der Waals surface area contributed by atoms with Gasteiger partial charge < -0.3 is 10.1 Å². The SMILES string of the molecule is CCN(CC)S(=O)(=O)c1ccc(OC)c(C(=O)Nc2c(C)n(C)n(-c3ccccc3)c2=O)c1. The van der Waals surface area contributed by atoms with Crippen molar-refractivity contribution in [2.75, 3.05) is 25.5 Å². The van der Waals surface area contributed by atoms with E-state index in [-0.39, 0.29) is 21.9 Å². The minimum Gasteiger partial charge on any atom is -0.496 e. The average molecular weight is 473 g/mol. The Labute approximate surface area is 193 Å². The second-order valence-corrected chi connectivity index (χ2v) is 9.28. The van der Waals surface area contributed by atoms with E-state index in [1.807, 2.05) is 18.2 Å². The number of aromatic nitrogens is 2. The van der Waals surface area contributed by atoms with Gasteiger partial charge in [-0.25, -0.2) is 13.1 Å². The maximum atomic E-state index is 13.2. The van der Waals surface area contributed by atoms with Gasteiger partial charge in [-0.2, -0.15) is 4.31 Å². The number of nitrogens with one attached hydrogen (secondary N) is 1. The van der Waals surface area contributed by atoms with Crippen LogP contribution >= 0.6 is 0 Å². The number of carbonyl (C=O) groups is 1. The van der Waals surface area contributed by atoms with Gasteiger partial charge in [-0.1, -0.05) is 32.0 Å². The van der Waals surface area contributed by atoms with E-state index in [4.69, 9.17) is 4.74 Å². The molecule has 0 aliphatic carbocycles. The van der Waals surface area contributed by atoms with Crippen LogP contribution in [0, 0.1) is 6.92 Å². The Bertz CT molecular complexity index is 1320. The van der Waals surface area contributed by atoms with Crippen LogP contribution in [-0.4, -0.2) is 48.2 Å². The lowest BCUT2D eigenvalue weighted by Crippen LogP contribution is -2.31. The van der Waals surface area contributed by atoms with Crippen LogP contribution in [0.3, 0.4) is 0 Å². The first-order chi connectivity index (χ1) is 15.7. The van der Waals surface area contributed by atoms with E-state index in [0.29, 0.717) is 24.5 Å². The van der Waals surface area contributed by atoms with Crippen LogP contribution in [0.5, 0.6) is 5.75 Å². The number of methoxy groups -OCH3 is 1. The number of amides is 1. The van der Waals surface area contributed by atoms with Crippen molar-refractivity contribution in [1.82, 2.24) is 13.7 Å². The van der Waals surface area contributed by atoms with E-state index in [9.17, 15) is 18.0 Å². The number of ether oxygens (including phenoxy) is 1. The van der Waals surface area contributed by atoms with Gasteiger partial charge in [0.2, 0.25) is 10.0 Å². The van der Waals surface area contributed by atoms with Gasteiger partial charge in [0.25, 0.3) is 11.5 Å². The molecule has 3 rings (SSSR count). The predicted molar refractivity (Wildman–Crippen MR) is 127 cm³/mol. The standard InChI is InChI=1S/C23H28N4O5S/c1-6-26(7-2)33(30,31)18-13-14-20(32-5)19(15-18)22(28)24-21-16(3)25(4)27(23(21)29)17-11-9-8-10-12-17/h8-15H,6-7H2,1-5H3,(H,24,28). The van der Waals surface area contributed by atoms with Crippen LogP contribution in [0.2, 0.25) is 0 Å². The second-order valence-electron chi connectivity index (χ2n) is 7.34. The normalized spacial score (nSPS) is 11.6. The molecule has 0 spiro atoms. The van der Waals surface area contributed by atoms with Gasteiger partial charge in [0.15, 0.2) is 0 Å². The Hall–Kier alpha value is -3.37. The Morgan fingerprint density at radius 2 is 1.73 bits per heavy atom. The van der Waals surface area contributed by atoms with Gasteiger partial charge in [0.1, 0.15) is 11.4 Å². The molecule has 0 unspecified atom stereocenters. The first-order valence-electron chi connectivity index (χ1n) is 10.5. The summed E-state index contributed by atoms with van der Waals surface area (Å²) in [4.78, 5) is 26.3. The summed E-state index contributed by atoms with van der Waals surface area (Å²) in [6.45, 7) is 5.81. The molecular weight excluding hydrogens is 444 g/mol. The van der Waals surface area contributed by atoms with Crippen LogP contribution in [0.25, 0.3) is 5.69 Å². The molecule has 1 aromatic heterocycles. The summed E-state index contributed by atoms with van der Waals surface area (Å²) in [6, 6.07) is 13.2. The fourth-order valence-electron chi connectivity index (χ4n) is 3.63. The second kappa shape index (κ2) is 9.63.